The molecular formula is C13H19NO2S. The number of aliphatic hydroxyl groups is 1. The third kappa shape index (κ3) is 3.48. The Morgan fingerprint density at radius 3 is 2.65 bits per heavy atom. The van der Waals surface area contributed by atoms with Crippen LogP contribution in [0.2, 0.25) is 0 Å². The summed E-state index contributed by atoms with van der Waals surface area (Å²) in [5.41, 5.74) is 0.142. The fraction of sp³-hybridized carbons (Fsp3) is 0.462. The standard InChI is InChI=1S/C13H17NO2S.H2/c15-12(10-6-2-1-3-7-10)14-17-13(16)11-8-4-5-9-11;/h1-3,6-7,11,13,16H,4-5,8-9H2,(H,14,15);1H. The number of amides is 1. The van der Waals surface area contributed by atoms with Crippen LogP contribution in [-0.4, -0.2) is 16.4 Å². The predicted molar refractivity (Wildman–Crippen MR) is 71.6 cm³/mol. The van der Waals surface area contributed by atoms with E-state index in [1.54, 1.807) is 12.1 Å². The first-order valence-corrected chi connectivity index (χ1v) is 6.84. The summed E-state index contributed by atoms with van der Waals surface area (Å²) in [4.78, 5) is 11.7. The molecule has 2 N–H and O–H groups in total. The minimum atomic E-state index is -0.481. The molecule has 1 aromatic rings. The van der Waals surface area contributed by atoms with Crippen LogP contribution in [0.1, 0.15) is 37.5 Å². The van der Waals surface area contributed by atoms with E-state index >= 15 is 0 Å². The first-order chi connectivity index (χ1) is 8.27. The van der Waals surface area contributed by atoms with Crippen LogP contribution < -0.4 is 4.72 Å². The van der Waals surface area contributed by atoms with Gasteiger partial charge in [0.15, 0.2) is 0 Å². The molecule has 1 amide bonds. The van der Waals surface area contributed by atoms with Gasteiger partial charge in [0.05, 0.1) is 0 Å². The largest absolute Gasteiger partial charge is 0.380 e. The second-order valence-electron chi connectivity index (χ2n) is 4.35. The first-order valence-electron chi connectivity index (χ1n) is 5.96. The summed E-state index contributed by atoms with van der Waals surface area (Å²) in [5.74, 6) is 0.184. The van der Waals surface area contributed by atoms with Crippen LogP contribution >= 0.6 is 11.9 Å². The highest BCUT2D eigenvalue weighted by Crippen LogP contribution is 2.31. The molecule has 4 heteroatoms. The third-order valence-corrected chi connectivity index (χ3v) is 4.04. The maximum Gasteiger partial charge on any atom is 0.261 e. The number of aliphatic hydroxyl groups excluding tert-OH is 1. The van der Waals surface area contributed by atoms with E-state index in [1.165, 1.54) is 12.8 Å². The van der Waals surface area contributed by atoms with Gasteiger partial charge in [0, 0.05) is 6.99 Å². The lowest BCUT2D eigenvalue weighted by Crippen LogP contribution is -2.23. The molecule has 0 aliphatic heterocycles. The summed E-state index contributed by atoms with van der Waals surface area (Å²) in [6.07, 6.45) is 4.51. The van der Waals surface area contributed by atoms with E-state index in [9.17, 15) is 9.90 Å². The highest BCUT2D eigenvalue weighted by molar-refractivity contribution is 7.98. The molecule has 0 bridgehead atoms. The lowest BCUT2D eigenvalue weighted by atomic mass is 10.1. The van der Waals surface area contributed by atoms with Crippen LogP contribution in [0.4, 0.5) is 0 Å². The van der Waals surface area contributed by atoms with Gasteiger partial charge in [-0.3, -0.25) is 9.52 Å². The molecule has 0 spiro atoms. The molecule has 1 fully saturated rings. The second-order valence-corrected chi connectivity index (χ2v) is 5.27. The zero-order valence-corrected chi connectivity index (χ0v) is 10.5. The quantitative estimate of drug-likeness (QED) is 0.641. The molecule has 2 rings (SSSR count). The van der Waals surface area contributed by atoms with E-state index in [0.29, 0.717) is 11.5 Å². The Bertz CT molecular complexity index is 369. The Kier molecular flexibility index (Phi) is 4.45. The van der Waals surface area contributed by atoms with Crippen molar-refractivity contribution in [3.8, 4) is 0 Å². The average molecular weight is 253 g/mol. The topological polar surface area (TPSA) is 49.3 Å². The SMILES string of the molecule is O=C(NSC(O)C1CCCC1)c1ccccc1.[HH]. The zero-order chi connectivity index (χ0) is 12.1. The number of rotatable bonds is 4. The molecule has 0 saturated heterocycles. The van der Waals surface area contributed by atoms with Crippen molar-refractivity contribution in [3.63, 3.8) is 0 Å². The summed E-state index contributed by atoms with van der Waals surface area (Å²) in [5, 5.41) is 9.89. The molecule has 0 heterocycles. The van der Waals surface area contributed by atoms with Gasteiger partial charge >= 0.3 is 0 Å². The van der Waals surface area contributed by atoms with Gasteiger partial charge in [-0.25, -0.2) is 0 Å². The molecule has 0 aromatic heterocycles. The van der Waals surface area contributed by atoms with Gasteiger partial charge < -0.3 is 5.11 Å². The van der Waals surface area contributed by atoms with Gasteiger partial charge in [0.2, 0.25) is 0 Å². The van der Waals surface area contributed by atoms with Crippen molar-refractivity contribution in [3.05, 3.63) is 35.9 Å². The summed E-state index contributed by atoms with van der Waals surface area (Å²) < 4.78 is 2.70. The fourth-order valence-corrected chi connectivity index (χ4v) is 2.91. The first kappa shape index (κ1) is 12.5. The summed E-state index contributed by atoms with van der Waals surface area (Å²) in [6.45, 7) is 0. The van der Waals surface area contributed by atoms with Crippen molar-refractivity contribution in [1.29, 1.82) is 0 Å². The van der Waals surface area contributed by atoms with Crippen molar-refractivity contribution in [2.24, 2.45) is 5.92 Å². The van der Waals surface area contributed by atoms with Crippen LogP contribution in [0, 0.1) is 5.92 Å². The van der Waals surface area contributed by atoms with Gasteiger partial charge in [-0.2, -0.15) is 0 Å². The molecule has 1 aliphatic rings. The van der Waals surface area contributed by atoms with Gasteiger partial charge in [-0.05, 0) is 42.8 Å². The molecule has 1 saturated carbocycles. The van der Waals surface area contributed by atoms with E-state index in [0.717, 1.165) is 24.8 Å². The predicted octanol–water partition coefficient (Wildman–Crippen LogP) is 2.82. The van der Waals surface area contributed by atoms with E-state index in [-0.39, 0.29) is 7.33 Å². The summed E-state index contributed by atoms with van der Waals surface area (Å²) in [6, 6.07) is 9.05. The molecule has 3 nitrogen and oxygen atoms in total. The fourth-order valence-electron chi connectivity index (χ4n) is 2.10. The lowest BCUT2D eigenvalue weighted by Gasteiger charge is -2.16. The molecular weight excluding hydrogens is 234 g/mol. The van der Waals surface area contributed by atoms with Crippen LogP contribution in [-0.2, 0) is 0 Å². The molecule has 0 radical (unpaired) electrons. The van der Waals surface area contributed by atoms with Crippen LogP contribution in [0.3, 0.4) is 0 Å². The third-order valence-electron chi connectivity index (χ3n) is 3.11. The van der Waals surface area contributed by atoms with Crippen LogP contribution in [0.25, 0.3) is 0 Å². The minimum absolute atomic E-state index is 0. The Balaban J connectivity index is 0.00000162. The molecule has 94 valence electrons. The number of carbonyl (C=O) groups is 1. The van der Waals surface area contributed by atoms with E-state index in [1.807, 2.05) is 18.2 Å². The summed E-state index contributed by atoms with van der Waals surface area (Å²) >= 11 is 1.13. The Hall–Kier alpha value is -1.00. The monoisotopic (exact) mass is 253 g/mol. The zero-order valence-electron chi connectivity index (χ0n) is 9.63. The van der Waals surface area contributed by atoms with Crippen LogP contribution in [0.15, 0.2) is 30.3 Å². The van der Waals surface area contributed by atoms with Crippen molar-refractivity contribution < 1.29 is 11.3 Å². The van der Waals surface area contributed by atoms with Gasteiger partial charge in [-0.1, -0.05) is 31.0 Å². The van der Waals surface area contributed by atoms with Gasteiger partial charge in [0.25, 0.3) is 5.91 Å². The van der Waals surface area contributed by atoms with E-state index < -0.39 is 5.44 Å². The molecule has 1 aromatic carbocycles. The second kappa shape index (κ2) is 6.07. The maximum absolute atomic E-state index is 11.7. The number of hydrogen-bond donors (Lipinski definition) is 2. The van der Waals surface area contributed by atoms with Crippen molar-refractivity contribution in [2.45, 2.75) is 31.1 Å². The molecule has 17 heavy (non-hydrogen) atoms. The van der Waals surface area contributed by atoms with Crippen molar-refractivity contribution in [2.75, 3.05) is 0 Å². The number of carbonyl (C=O) groups excluding carboxylic acids is 1. The van der Waals surface area contributed by atoms with Crippen LogP contribution in [0.5, 0.6) is 0 Å². The molecule has 1 atom stereocenters. The van der Waals surface area contributed by atoms with Gasteiger partial charge in [0.1, 0.15) is 5.44 Å². The number of nitrogens with one attached hydrogen (secondary N) is 1. The summed E-state index contributed by atoms with van der Waals surface area (Å²) in [7, 11) is 0. The smallest absolute Gasteiger partial charge is 0.261 e. The van der Waals surface area contributed by atoms with Crippen molar-refractivity contribution in [1.82, 2.24) is 4.72 Å². The Morgan fingerprint density at radius 1 is 1.35 bits per heavy atom. The van der Waals surface area contributed by atoms with E-state index in [4.69, 9.17) is 0 Å². The highest BCUT2D eigenvalue weighted by atomic mass is 32.2. The Morgan fingerprint density at radius 2 is 2.00 bits per heavy atom. The highest BCUT2D eigenvalue weighted by Gasteiger charge is 2.24. The molecule has 1 aliphatic carbocycles. The maximum atomic E-state index is 11.7. The number of benzene rings is 1. The molecule has 1 unspecified atom stereocenters. The van der Waals surface area contributed by atoms with E-state index in [2.05, 4.69) is 4.72 Å². The normalized spacial score (nSPS) is 17.9. The lowest BCUT2D eigenvalue weighted by molar-refractivity contribution is 0.0981. The minimum Gasteiger partial charge on any atom is -0.380 e. The number of hydrogen-bond acceptors (Lipinski definition) is 3. The van der Waals surface area contributed by atoms with Gasteiger partial charge in [-0.15, -0.1) is 0 Å². The van der Waals surface area contributed by atoms with Crippen molar-refractivity contribution >= 4 is 17.9 Å². The average Bonchev–Trinajstić information content (AvgIpc) is 2.90. The Labute approximate surface area is 107 Å².